The van der Waals surface area contributed by atoms with Gasteiger partial charge in [-0.25, -0.2) is 13.8 Å². The second-order valence-corrected chi connectivity index (χ2v) is 8.70. The Hall–Kier alpha value is -5.12. The van der Waals surface area contributed by atoms with Crippen molar-refractivity contribution in [1.29, 1.82) is 0 Å². The molecule has 5 rings (SSSR count). The van der Waals surface area contributed by atoms with Crippen LogP contribution in [-0.2, 0) is 7.05 Å². The lowest BCUT2D eigenvalue weighted by atomic mass is 10.0. The molecule has 8 nitrogen and oxygen atoms in total. The van der Waals surface area contributed by atoms with E-state index in [0.29, 0.717) is 28.0 Å². The van der Waals surface area contributed by atoms with Crippen molar-refractivity contribution in [3.8, 4) is 28.4 Å². The van der Waals surface area contributed by atoms with E-state index in [1.807, 2.05) is 0 Å². The number of aryl methyl sites for hydroxylation is 1. The van der Waals surface area contributed by atoms with Gasteiger partial charge >= 0.3 is 0 Å². The number of nitrogens with zero attached hydrogens (tertiary/aromatic N) is 3. The van der Waals surface area contributed by atoms with Crippen LogP contribution in [0.1, 0.15) is 16.1 Å². The van der Waals surface area contributed by atoms with Crippen molar-refractivity contribution in [2.24, 2.45) is 7.05 Å². The second kappa shape index (κ2) is 10.3. The molecule has 39 heavy (non-hydrogen) atoms. The standard InChI is InChI=1S/C29H22F2N4O4/c1-16-26(17-4-6-18(30)7-5-17)28(36)21(15-35(16)2)29(37)34-19-8-9-24(22(31)12-19)39-25-10-11-32-23-13-20(38-3)14-33-27(23)25/h4-15H,1-3H3,(H,34,37). The summed E-state index contributed by atoms with van der Waals surface area (Å²) in [5.74, 6) is -1.19. The van der Waals surface area contributed by atoms with E-state index < -0.39 is 23.0 Å². The molecular formula is C29H22F2N4O4. The predicted octanol–water partition coefficient (Wildman–Crippen LogP) is 5.64. The lowest BCUT2D eigenvalue weighted by Gasteiger charge is -2.14. The Morgan fingerprint density at radius 2 is 1.77 bits per heavy atom. The summed E-state index contributed by atoms with van der Waals surface area (Å²) in [6.45, 7) is 1.73. The number of hydrogen-bond acceptors (Lipinski definition) is 6. The number of fused-ring (bicyclic) bond motifs is 1. The summed E-state index contributed by atoms with van der Waals surface area (Å²) in [5.41, 5.74) is 1.74. The van der Waals surface area contributed by atoms with Gasteiger partial charge in [-0.1, -0.05) is 12.1 Å². The van der Waals surface area contributed by atoms with Crippen molar-refractivity contribution in [2.75, 3.05) is 12.4 Å². The molecule has 0 saturated heterocycles. The molecule has 10 heteroatoms. The van der Waals surface area contributed by atoms with Crippen molar-refractivity contribution >= 4 is 22.6 Å². The van der Waals surface area contributed by atoms with Gasteiger partial charge in [0.15, 0.2) is 17.3 Å². The molecule has 2 aromatic carbocycles. The fraction of sp³-hybridized carbons (Fsp3) is 0.103. The largest absolute Gasteiger partial charge is 0.495 e. The number of nitrogens with one attached hydrogen (secondary N) is 1. The van der Waals surface area contributed by atoms with Crippen LogP contribution in [0.5, 0.6) is 17.2 Å². The quantitative estimate of drug-likeness (QED) is 0.307. The molecule has 0 aliphatic heterocycles. The molecule has 0 saturated carbocycles. The number of hydrogen-bond donors (Lipinski definition) is 1. The Labute approximate surface area is 221 Å². The molecule has 0 fully saturated rings. The van der Waals surface area contributed by atoms with Crippen LogP contribution >= 0.6 is 0 Å². The van der Waals surface area contributed by atoms with Gasteiger partial charge in [-0.3, -0.25) is 14.6 Å². The van der Waals surface area contributed by atoms with Gasteiger partial charge < -0.3 is 19.4 Å². The van der Waals surface area contributed by atoms with Crippen LogP contribution in [-0.4, -0.2) is 27.6 Å². The van der Waals surface area contributed by atoms with Crippen molar-refractivity contribution in [3.63, 3.8) is 0 Å². The summed E-state index contributed by atoms with van der Waals surface area (Å²) in [7, 11) is 3.21. The third-order valence-electron chi connectivity index (χ3n) is 6.22. The zero-order chi connectivity index (χ0) is 27.7. The highest BCUT2D eigenvalue weighted by Gasteiger charge is 2.19. The van der Waals surface area contributed by atoms with E-state index in [1.54, 1.807) is 30.7 Å². The number of pyridine rings is 3. The second-order valence-electron chi connectivity index (χ2n) is 8.70. The number of amides is 1. The summed E-state index contributed by atoms with van der Waals surface area (Å²) >= 11 is 0. The van der Waals surface area contributed by atoms with Gasteiger partial charge in [-0.05, 0) is 36.8 Å². The summed E-state index contributed by atoms with van der Waals surface area (Å²) in [6.07, 6.45) is 4.42. The smallest absolute Gasteiger partial charge is 0.261 e. The summed E-state index contributed by atoms with van der Waals surface area (Å²) in [5, 5.41) is 2.56. The average molecular weight is 529 g/mol. The summed E-state index contributed by atoms with van der Waals surface area (Å²) in [6, 6.07) is 12.6. The maximum Gasteiger partial charge on any atom is 0.261 e. The van der Waals surface area contributed by atoms with Crippen LogP contribution in [0.25, 0.3) is 22.2 Å². The Bertz CT molecular complexity index is 1790. The number of aromatic nitrogens is 3. The Morgan fingerprint density at radius 3 is 2.49 bits per heavy atom. The van der Waals surface area contributed by atoms with Crippen LogP contribution < -0.4 is 20.2 Å². The first-order valence-corrected chi connectivity index (χ1v) is 11.8. The lowest BCUT2D eigenvalue weighted by Crippen LogP contribution is -2.25. The van der Waals surface area contributed by atoms with Gasteiger partial charge in [-0.2, -0.15) is 0 Å². The highest BCUT2D eigenvalue weighted by atomic mass is 19.1. The fourth-order valence-corrected chi connectivity index (χ4v) is 4.10. The van der Waals surface area contributed by atoms with Gasteiger partial charge in [0.1, 0.15) is 22.6 Å². The highest BCUT2D eigenvalue weighted by molar-refractivity contribution is 6.04. The van der Waals surface area contributed by atoms with Crippen molar-refractivity contribution in [2.45, 2.75) is 6.92 Å². The summed E-state index contributed by atoms with van der Waals surface area (Å²) < 4.78 is 40.9. The topological polar surface area (TPSA) is 95.3 Å². The van der Waals surface area contributed by atoms with Crippen LogP contribution in [0.3, 0.4) is 0 Å². The average Bonchev–Trinajstić information content (AvgIpc) is 2.93. The molecular weight excluding hydrogens is 506 g/mol. The molecule has 1 N–H and O–H groups in total. The maximum absolute atomic E-state index is 15.0. The van der Waals surface area contributed by atoms with E-state index in [4.69, 9.17) is 9.47 Å². The minimum Gasteiger partial charge on any atom is -0.495 e. The number of benzene rings is 2. The first kappa shape index (κ1) is 25.5. The van der Waals surface area contributed by atoms with Gasteiger partial charge in [0.25, 0.3) is 5.91 Å². The molecule has 0 aliphatic rings. The first-order chi connectivity index (χ1) is 18.7. The zero-order valence-electron chi connectivity index (χ0n) is 21.2. The van der Waals surface area contributed by atoms with E-state index in [9.17, 15) is 18.4 Å². The number of halogens is 2. The number of ether oxygens (including phenoxy) is 2. The number of anilines is 1. The molecule has 0 spiro atoms. The minimum atomic E-state index is -0.741. The molecule has 0 radical (unpaired) electrons. The molecule has 3 heterocycles. The SMILES string of the molecule is COc1cnc2c(Oc3ccc(NC(=O)c4cn(C)c(C)c(-c5ccc(F)cc5)c4=O)cc3F)ccnc2c1. The Morgan fingerprint density at radius 1 is 1.00 bits per heavy atom. The third-order valence-corrected chi connectivity index (χ3v) is 6.22. The highest BCUT2D eigenvalue weighted by Crippen LogP contribution is 2.31. The van der Waals surface area contributed by atoms with Gasteiger partial charge in [0.2, 0.25) is 5.43 Å². The van der Waals surface area contributed by atoms with E-state index in [1.165, 1.54) is 62.1 Å². The number of rotatable bonds is 6. The van der Waals surface area contributed by atoms with Crippen LogP contribution in [0.15, 0.2) is 78.0 Å². The Kier molecular flexibility index (Phi) is 6.76. The normalized spacial score (nSPS) is 10.9. The van der Waals surface area contributed by atoms with Gasteiger partial charge in [0.05, 0.1) is 18.8 Å². The Balaban J connectivity index is 1.41. The fourth-order valence-electron chi connectivity index (χ4n) is 4.10. The van der Waals surface area contributed by atoms with Crippen LogP contribution in [0, 0.1) is 18.6 Å². The lowest BCUT2D eigenvalue weighted by molar-refractivity contribution is 0.102. The van der Waals surface area contributed by atoms with E-state index in [0.717, 1.165) is 6.07 Å². The predicted molar refractivity (Wildman–Crippen MR) is 142 cm³/mol. The van der Waals surface area contributed by atoms with E-state index in [-0.39, 0.29) is 28.3 Å². The van der Waals surface area contributed by atoms with Crippen molar-refractivity contribution in [3.05, 3.63) is 106 Å². The van der Waals surface area contributed by atoms with E-state index >= 15 is 0 Å². The monoisotopic (exact) mass is 528 g/mol. The number of methoxy groups -OCH3 is 1. The molecule has 0 aliphatic carbocycles. The molecule has 0 unspecified atom stereocenters. The van der Waals surface area contributed by atoms with Crippen LogP contribution in [0.2, 0.25) is 0 Å². The van der Waals surface area contributed by atoms with Crippen molar-refractivity contribution < 1.29 is 23.0 Å². The molecule has 0 atom stereocenters. The van der Waals surface area contributed by atoms with Crippen LogP contribution in [0.4, 0.5) is 14.5 Å². The molecule has 5 aromatic rings. The van der Waals surface area contributed by atoms with Gasteiger partial charge in [0, 0.05) is 54.6 Å². The van der Waals surface area contributed by atoms with Crippen molar-refractivity contribution in [1.82, 2.24) is 14.5 Å². The minimum absolute atomic E-state index is 0.0945. The van der Waals surface area contributed by atoms with Gasteiger partial charge in [-0.15, -0.1) is 0 Å². The first-order valence-electron chi connectivity index (χ1n) is 11.8. The molecule has 1 amide bonds. The number of carbonyl (C=O) groups is 1. The zero-order valence-corrected chi connectivity index (χ0v) is 21.2. The summed E-state index contributed by atoms with van der Waals surface area (Å²) in [4.78, 5) is 34.8. The molecule has 196 valence electrons. The molecule has 0 bridgehead atoms. The molecule has 3 aromatic heterocycles. The maximum atomic E-state index is 15.0. The third kappa shape index (κ3) is 5.04. The van der Waals surface area contributed by atoms with E-state index in [2.05, 4.69) is 15.3 Å². The number of carbonyl (C=O) groups excluding carboxylic acids is 1.